The third-order valence-corrected chi connectivity index (χ3v) is 4.43. The summed E-state index contributed by atoms with van der Waals surface area (Å²) in [4.78, 5) is -0.435. The van der Waals surface area contributed by atoms with Crippen molar-refractivity contribution in [2.45, 2.75) is 37.4 Å². The Bertz CT molecular complexity index is 655. The van der Waals surface area contributed by atoms with Crippen LogP contribution in [0.5, 0.6) is 0 Å². The van der Waals surface area contributed by atoms with Crippen LogP contribution in [-0.4, -0.2) is 14.0 Å². The minimum atomic E-state index is -4.61. The molecule has 0 saturated carbocycles. The van der Waals surface area contributed by atoms with Crippen LogP contribution in [0.3, 0.4) is 0 Å². The molecular weight excluding hydrogens is 291 g/mol. The van der Waals surface area contributed by atoms with Gasteiger partial charge in [-0.3, -0.25) is 0 Å². The molecular formula is C13H14F3NO2S. The number of sulfonamides is 1. The van der Waals surface area contributed by atoms with Crippen molar-refractivity contribution in [3.8, 4) is 12.3 Å². The second kappa shape index (κ2) is 5.11. The standard InChI is InChI=1S/C13H14F3NO2S/c1-5-12(3,4)17-20(18,19)11-8-6-7-10(9(11)2)13(14,15)16/h1,6-8,17H,2-4H3. The number of alkyl halides is 3. The molecule has 0 saturated heterocycles. The lowest BCUT2D eigenvalue weighted by atomic mass is 10.1. The van der Waals surface area contributed by atoms with Gasteiger partial charge in [-0.2, -0.15) is 17.9 Å². The maximum atomic E-state index is 12.8. The average Bonchev–Trinajstić information content (AvgIpc) is 2.26. The second-order valence-electron chi connectivity index (χ2n) is 4.80. The van der Waals surface area contributed by atoms with E-state index in [4.69, 9.17) is 6.42 Å². The molecule has 7 heteroatoms. The van der Waals surface area contributed by atoms with Crippen LogP contribution >= 0.6 is 0 Å². The first-order valence-corrected chi connectivity index (χ1v) is 7.07. The fraction of sp³-hybridized carbons (Fsp3) is 0.385. The van der Waals surface area contributed by atoms with Crippen LogP contribution in [0.25, 0.3) is 0 Å². The molecule has 0 atom stereocenters. The Morgan fingerprint density at radius 3 is 2.25 bits per heavy atom. The van der Waals surface area contributed by atoms with Gasteiger partial charge in [-0.25, -0.2) is 8.42 Å². The fourth-order valence-corrected chi connectivity index (χ4v) is 3.24. The predicted octanol–water partition coefficient (Wildman–Crippen LogP) is 2.70. The van der Waals surface area contributed by atoms with Crippen molar-refractivity contribution in [3.63, 3.8) is 0 Å². The Morgan fingerprint density at radius 2 is 1.80 bits per heavy atom. The molecule has 0 aromatic heterocycles. The van der Waals surface area contributed by atoms with E-state index in [2.05, 4.69) is 10.6 Å². The third-order valence-electron chi connectivity index (χ3n) is 2.63. The number of hydrogen-bond donors (Lipinski definition) is 1. The Balaban J connectivity index is 3.39. The lowest BCUT2D eigenvalue weighted by Gasteiger charge is -2.21. The van der Waals surface area contributed by atoms with Gasteiger partial charge in [0.15, 0.2) is 0 Å². The van der Waals surface area contributed by atoms with E-state index in [0.717, 1.165) is 25.1 Å². The van der Waals surface area contributed by atoms with Crippen LogP contribution in [0.1, 0.15) is 25.0 Å². The van der Waals surface area contributed by atoms with E-state index in [9.17, 15) is 21.6 Å². The largest absolute Gasteiger partial charge is 0.416 e. The maximum absolute atomic E-state index is 12.8. The van der Waals surface area contributed by atoms with Crippen LogP contribution in [0, 0.1) is 19.3 Å². The van der Waals surface area contributed by atoms with E-state index in [1.165, 1.54) is 13.8 Å². The Labute approximate surface area is 116 Å². The zero-order valence-corrected chi connectivity index (χ0v) is 12.0. The summed E-state index contributed by atoms with van der Waals surface area (Å²) < 4.78 is 64.8. The zero-order chi connectivity index (χ0) is 15.8. The molecule has 3 nitrogen and oxygen atoms in total. The molecule has 110 valence electrons. The van der Waals surface area contributed by atoms with Crippen molar-refractivity contribution in [2.75, 3.05) is 0 Å². The lowest BCUT2D eigenvalue weighted by Crippen LogP contribution is -2.42. The van der Waals surface area contributed by atoms with Gasteiger partial charge in [0.1, 0.15) is 0 Å². The molecule has 0 aliphatic rings. The molecule has 0 unspecified atom stereocenters. The molecule has 0 aliphatic carbocycles. The van der Waals surface area contributed by atoms with Gasteiger partial charge in [0.2, 0.25) is 10.0 Å². The summed E-state index contributed by atoms with van der Waals surface area (Å²) in [5.41, 5.74) is -2.54. The van der Waals surface area contributed by atoms with Gasteiger partial charge in [-0.15, -0.1) is 6.42 Å². The van der Waals surface area contributed by atoms with Crippen molar-refractivity contribution in [1.82, 2.24) is 4.72 Å². The van der Waals surface area contributed by atoms with Crippen molar-refractivity contribution < 1.29 is 21.6 Å². The van der Waals surface area contributed by atoms with E-state index in [0.29, 0.717) is 0 Å². The van der Waals surface area contributed by atoms with Crippen molar-refractivity contribution in [1.29, 1.82) is 0 Å². The summed E-state index contributed by atoms with van der Waals surface area (Å²) in [5, 5.41) is 0. The lowest BCUT2D eigenvalue weighted by molar-refractivity contribution is -0.138. The summed E-state index contributed by atoms with van der Waals surface area (Å²) >= 11 is 0. The molecule has 0 fully saturated rings. The van der Waals surface area contributed by atoms with Crippen LogP contribution in [-0.2, 0) is 16.2 Å². The van der Waals surface area contributed by atoms with E-state index in [-0.39, 0.29) is 5.56 Å². The second-order valence-corrected chi connectivity index (χ2v) is 6.45. The molecule has 1 N–H and O–H groups in total. The fourth-order valence-electron chi connectivity index (χ4n) is 1.63. The van der Waals surface area contributed by atoms with E-state index in [1.807, 2.05) is 0 Å². The van der Waals surface area contributed by atoms with Gasteiger partial charge in [-0.05, 0) is 38.5 Å². The Morgan fingerprint density at radius 1 is 1.25 bits per heavy atom. The number of nitrogens with one attached hydrogen (secondary N) is 1. The summed E-state index contributed by atoms with van der Waals surface area (Å²) in [7, 11) is -4.14. The molecule has 1 aromatic carbocycles. The number of terminal acetylenes is 1. The van der Waals surface area contributed by atoms with Crippen molar-refractivity contribution in [3.05, 3.63) is 29.3 Å². The van der Waals surface area contributed by atoms with E-state index < -0.39 is 32.2 Å². The predicted molar refractivity (Wildman–Crippen MR) is 69.4 cm³/mol. The van der Waals surface area contributed by atoms with E-state index >= 15 is 0 Å². The monoisotopic (exact) mass is 305 g/mol. The van der Waals surface area contributed by atoms with Gasteiger partial charge >= 0.3 is 6.18 Å². The molecule has 0 spiro atoms. The smallest absolute Gasteiger partial charge is 0.207 e. The molecule has 1 rings (SSSR count). The SMILES string of the molecule is C#CC(C)(C)NS(=O)(=O)c1cccc(C(F)(F)F)c1C. The highest BCUT2D eigenvalue weighted by Crippen LogP contribution is 2.34. The summed E-state index contributed by atoms with van der Waals surface area (Å²) in [6.45, 7) is 3.99. The van der Waals surface area contributed by atoms with Crippen LogP contribution in [0.2, 0.25) is 0 Å². The molecule has 0 aliphatic heterocycles. The van der Waals surface area contributed by atoms with E-state index in [1.54, 1.807) is 0 Å². The molecule has 0 heterocycles. The van der Waals surface area contributed by atoms with Gasteiger partial charge in [0.05, 0.1) is 16.0 Å². The number of hydrogen-bond acceptors (Lipinski definition) is 2. The zero-order valence-electron chi connectivity index (χ0n) is 11.2. The quantitative estimate of drug-likeness (QED) is 0.873. The van der Waals surface area contributed by atoms with Gasteiger partial charge in [0.25, 0.3) is 0 Å². The van der Waals surface area contributed by atoms with Gasteiger partial charge in [0, 0.05) is 0 Å². The highest BCUT2D eigenvalue weighted by Gasteiger charge is 2.35. The number of benzene rings is 1. The minimum Gasteiger partial charge on any atom is -0.207 e. The Hall–Kier alpha value is -1.52. The van der Waals surface area contributed by atoms with Gasteiger partial charge in [-0.1, -0.05) is 12.0 Å². The minimum absolute atomic E-state index is 0.361. The highest BCUT2D eigenvalue weighted by molar-refractivity contribution is 7.89. The molecule has 20 heavy (non-hydrogen) atoms. The van der Waals surface area contributed by atoms with Gasteiger partial charge < -0.3 is 0 Å². The number of rotatable bonds is 3. The van der Waals surface area contributed by atoms with Crippen LogP contribution in [0.15, 0.2) is 23.1 Å². The third kappa shape index (κ3) is 3.52. The normalized spacial score (nSPS) is 13.1. The first-order valence-electron chi connectivity index (χ1n) is 5.59. The summed E-state index contributed by atoms with van der Waals surface area (Å²) in [5.74, 6) is 2.22. The van der Waals surface area contributed by atoms with Crippen LogP contribution in [0.4, 0.5) is 13.2 Å². The summed E-state index contributed by atoms with van der Waals surface area (Å²) in [6.07, 6.45) is 0.558. The molecule has 0 radical (unpaired) electrons. The molecule has 0 bridgehead atoms. The molecule has 0 amide bonds. The van der Waals surface area contributed by atoms with Crippen molar-refractivity contribution in [2.24, 2.45) is 0 Å². The first kappa shape index (κ1) is 16.5. The summed E-state index contributed by atoms with van der Waals surface area (Å²) in [6, 6.07) is 2.99. The maximum Gasteiger partial charge on any atom is 0.416 e. The molecule has 1 aromatic rings. The highest BCUT2D eigenvalue weighted by atomic mass is 32.2. The van der Waals surface area contributed by atoms with Crippen molar-refractivity contribution >= 4 is 10.0 Å². The average molecular weight is 305 g/mol. The number of halogens is 3. The Kier molecular flexibility index (Phi) is 4.22. The van der Waals surface area contributed by atoms with Crippen LogP contribution < -0.4 is 4.72 Å². The first-order chi connectivity index (χ1) is 8.91. The topological polar surface area (TPSA) is 46.2 Å².